The van der Waals surface area contributed by atoms with Crippen molar-refractivity contribution in [2.75, 3.05) is 12.3 Å². The van der Waals surface area contributed by atoms with E-state index in [-0.39, 0.29) is 0 Å². The van der Waals surface area contributed by atoms with Crippen LogP contribution in [0, 0.1) is 5.92 Å². The maximum absolute atomic E-state index is 6.22. The fourth-order valence-electron chi connectivity index (χ4n) is 2.29. The Hall–Kier alpha value is -0.180. The number of halogens is 1. The van der Waals surface area contributed by atoms with E-state index in [1.54, 1.807) is 0 Å². The molecule has 0 aromatic heterocycles. The van der Waals surface area contributed by atoms with E-state index in [4.69, 9.17) is 11.6 Å². The Labute approximate surface area is 127 Å². The van der Waals surface area contributed by atoms with Crippen molar-refractivity contribution in [3.8, 4) is 0 Å². The first-order chi connectivity index (χ1) is 9.22. The lowest BCUT2D eigenvalue weighted by atomic mass is 9.95. The highest BCUT2D eigenvalue weighted by molar-refractivity contribution is 7.99. The van der Waals surface area contributed by atoms with Crippen LogP contribution in [0.15, 0.2) is 29.2 Å². The third-order valence-corrected chi connectivity index (χ3v) is 5.16. The highest BCUT2D eigenvalue weighted by atomic mass is 35.5. The molecule has 1 N–H and O–H groups in total. The van der Waals surface area contributed by atoms with E-state index in [2.05, 4.69) is 38.2 Å². The molecule has 1 atom stereocenters. The molecule has 0 aliphatic rings. The third kappa shape index (κ3) is 5.76. The van der Waals surface area contributed by atoms with Gasteiger partial charge in [-0.25, -0.2) is 0 Å². The van der Waals surface area contributed by atoms with E-state index < -0.39 is 0 Å². The first-order valence-corrected chi connectivity index (χ1v) is 8.69. The predicted octanol–water partition coefficient (Wildman–Crippen LogP) is 5.24. The second kappa shape index (κ2) is 9.68. The third-order valence-electron chi connectivity index (χ3n) is 3.53. The summed E-state index contributed by atoms with van der Waals surface area (Å²) in [6.45, 7) is 7.90. The van der Waals surface area contributed by atoms with Crippen LogP contribution in [0.25, 0.3) is 0 Å². The number of benzene rings is 1. The Balaban J connectivity index is 2.59. The van der Waals surface area contributed by atoms with Crippen LogP contribution in [0.3, 0.4) is 0 Å². The van der Waals surface area contributed by atoms with Gasteiger partial charge in [0.05, 0.1) is 5.02 Å². The Morgan fingerprint density at radius 2 is 1.84 bits per heavy atom. The van der Waals surface area contributed by atoms with Crippen LogP contribution in [0.2, 0.25) is 5.02 Å². The van der Waals surface area contributed by atoms with Crippen molar-refractivity contribution in [1.29, 1.82) is 0 Å². The van der Waals surface area contributed by atoms with Crippen molar-refractivity contribution in [2.45, 2.75) is 51.0 Å². The topological polar surface area (TPSA) is 12.0 Å². The second-order valence-electron chi connectivity index (χ2n) is 4.88. The molecule has 0 saturated heterocycles. The van der Waals surface area contributed by atoms with Gasteiger partial charge in [0.15, 0.2) is 0 Å². The molecule has 0 aliphatic heterocycles. The lowest BCUT2D eigenvalue weighted by Gasteiger charge is -2.26. The van der Waals surface area contributed by atoms with Crippen LogP contribution in [0.1, 0.15) is 40.0 Å². The molecule has 1 aromatic rings. The highest BCUT2D eigenvalue weighted by Crippen LogP contribution is 2.29. The molecular weight excluding hydrogens is 274 g/mol. The monoisotopic (exact) mass is 299 g/mol. The Morgan fingerprint density at radius 1 is 1.16 bits per heavy atom. The number of hydrogen-bond acceptors (Lipinski definition) is 2. The lowest BCUT2D eigenvalue weighted by molar-refractivity contribution is 0.360. The van der Waals surface area contributed by atoms with Gasteiger partial charge in [0.1, 0.15) is 0 Å². The van der Waals surface area contributed by atoms with Gasteiger partial charge in [0.2, 0.25) is 0 Å². The molecule has 0 radical (unpaired) electrons. The van der Waals surface area contributed by atoms with Crippen LogP contribution in [0.4, 0.5) is 0 Å². The van der Waals surface area contributed by atoms with Crippen molar-refractivity contribution in [2.24, 2.45) is 5.92 Å². The quantitative estimate of drug-likeness (QED) is 0.626. The van der Waals surface area contributed by atoms with E-state index >= 15 is 0 Å². The van der Waals surface area contributed by atoms with Gasteiger partial charge >= 0.3 is 0 Å². The van der Waals surface area contributed by atoms with Gasteiger partial charge in [0.25, 0.3) is 0 Å². The summed E-state index contributed by atoms with van der Waals surface area (Å²) in [6, 6.07) is 8.70. The summed E-state index contributed by atoms with van der Waals surface area (Å²) < 4.78 is 0. The minimum atomic E-state index is 0.580. The molecule has 3 heteroatoms. The van der Waals surface area contributed by atoms with Crippen LogP contribution >= 0.6 is 23.4 Å². The molecule has 0 heterocycles. The molecule has 1 rings (SSSR count). The van der Waals surface area contributed by atoms with Crippen molar-refractivity contribution < 1.29 is 0 Å². The van der Waals surface area contributed by atoms with Crippen molar-refractivity contribution in [1.82, 2.24) is 5.32 Å². The van der Waals surface area contributed by atoms with Crippen molar-refractivity contribution in [3.63, 3.8) is 0 Å². The summed E-state index contributed by atoms with van der Waals surface area (Å²) in [5.41, 5.74) is 0. The maximum atomic E-state index is 6.22. The van der Waals surface area contributed by atoms with Crippen LogP contribution in [-0.2, 0) is 0 Å². The molecule has 1 unspecified atom stereocenters. The Bertz CT molecular complexity index is 352. The lowest BCUT2D eigenvalue weighted by Crippen LogP contribution is -2.38. The van der Waals surface area contributed by atoms with E-state index in [1.807, 2.05) is 23.9 Å². The average Bonchev–Trinajstić information content (AvgIpc) is 2.43. The predicted molar refractivity (Wildman–Crippen MR) is 88.3 cm³/mol. The van der Waals surface area contributed by atoms with E-state index in [9.17, 15) is 0 Å². The summed E-state index contributed by atoms with van der Waals surface area (Å²) in [6.07, 6.45) is 3.66. The van der Waals surface area contributed by atoms with Crippen LogP contribution in [-0.4, -0.2) is 18.3 Å². The summed E-state index contributed by atoms with van der Waals surface area (Å²) >= 11 is 8.09. The Kier molecular flexibility index (Phi) is 8.60. The second-order valence-corrected chi connectivity index (χ2v) is 6.35. The van der Waals surface area contributed by atoms with Crippen LogP contribution < -0.4 is 5.32 Å². The average molecular weight is 300 g/mol. The minimum Gasteiger partial charge on any atom is -0.313 e. The Morgan fingerprint density at radius 3 is 2.42 bits per heavy atom. The number of rotatable bonds is 9. The number of nitrogens with one attached hydrogen (secondary N) is 1. The van der Waals surface area contributed by atoms with Gasteiger partial charge < -0.3 is 5.32 Å². The molecule has 1 nitrogen and oxygen atoms in total. The van der Waals surface area contributed by atoms with E-state index in [1.165, 1.54) is 24.2 Å². The highest BCUT2D eigenvalue weighted by Gasteiger charge is 2.18. The molecule has 0 spiro atoms. The fraction of sp³-hybridized carbons (Fsp3) is 0.625. The van der Waals surface area contributed by atoms with Crippen molar-refractivity contribution >= 4 is 23.4 Å². The van der Waals surface area contributed by atoms with E-state index in [0.29, 0.717) is 6.04 Å². The molecule has 1 aromatic carbocycles. The van der Waals surface area contributed by atoms with Gasteiger partial charge in [-0.05, 0) is 31.0 Å². The zero-order chi connectivity index (χ0) is 14.1. The zero-order valence-corrected chi connectivity index (χ0v) is 13.9. The van der Waals surface area contributed by atoms with Gasteiger partial charge in [-0.1, -0.05) is 57.3 Å². The fourth-order valence-corrected chi connectivity index (χ4v) is 3.72. The molecule has 19 heavy (non-hydrogen) atoms. The first-order valence-electron chi connectivity index (χ1n) is 7.33. The van der Waals surface area contributed by atoms with Gasteiger partial charge in [-0.2, -0.15) is 0 Å². The molecule has 0 aliphatic carbocycles. The SMILES string of the molecule is CCCNC(CSc1ccccc1Cl)C(CC)CC. The smallest absolute Gasteiger partial charge is 0.0541 e. The molecule has 0 saturated carbocycles. The largest absolute Gasteiger partial charge is 0.313 e. The summed E-state index contributed by atoms with van der Waals surface area (Å²) in [5, 5.41) is 4.56. The van der Waals surface area contributed by atoms with Gasteiger partial charge in [-0.3, -0.25) is 0 Å². The van der Waals surface area contributed by atoms with Gasteiger partial charge in [-0.15, -0.1) is 11.8 Å². The first kappa shape index (κ1) is 16.9. The normalized spacial score (nSPS) is 12.9. The summed E-state index contributed by atoms with van der Waals surface area (Å²) in [7, 11) is 0. The molecule has 0 bridgehead atoms. The zero-order valence-electron chi connectivity index (χ0n) is 12.3. The summed E-state index contributed by atoms with van der Waals surface area (Å²) in [4.78, 5) is 1.19. The van der Waals surface area contributed by atoms with Gasteiger partial charge in [0, 0.05) is 16.7 Å². The van der Waals surface area contributed by atoms with Crippen molar-refractivity contribution in [3.05, 3.63) is 29.3 Å². The minimum absolute atomic E-state index is 0.580. The standard InChI is InChI=1S/C16H26ClNS/c1-4-11-18-15(13(5-2)6-3)12-19-16-10-8-7-9-14(16)17/h7-10,13,15,18H,4-6,11-12H2,1-3H3. The van der Waals surface area contributed by atoms with E-state index in [0.717, 1.165) is 23.2 Å². The summed E-state index contributed by atoms with van der Waals surface area (Å²) in [5.74, 6) is 1.84. The van der Waals surface area contributed by atoms with Crippen LogP contribution in [0.5, 0.6) is 0 Å². The number of hydrogen-bond donors (Lipinski definition) is 1. The molecular formula is C16H26ClNS. The molecule has 0 amide bonds. The maximum Gasteiger partial charge on any atom is 0.0541 e. The molecule has 108 valence electrons. The number of thioether (sulfide) groups is 1. The molecule has 0 fully saturated rings.